The third-order valence-corrected chi connectivity index (χ3v) is 6.11. The van der Waals surface area contributed by atoms with E-state index in [-0.39, 0.29) is 18.2 Å². The number of sulfonamides is 1. The Morgan fingerprint density at radius 2 is 1.83 bits per heavy atom. The van der Waals surface area contributed by atoms with Crippen LogP contribution in [0.15, 0.2) is 0 Å². The second kappa shape index (κ2) is 8.96. The minimum atomic E-state index is -3.38. The molecule has 0 unspecified atom stereocenters. The molecular weight excluding hydrogens is 318 g/mol. The number of ether oxygens (including phenoxy) is 1. The summed E-state index contributed by atoms with van der Waals surface area (Å²) < 4.78 is 31.8. The van der Waals surface area contributed by atoms with E-state index >= 15 is 0 Å². The van der Waals surface area contributed by atoms with Gasteiger partial charge >= 0.3 is 0 Å². The highest BCUT2D eigenvalue weighted by molar-refractivity contribution is 7.89. The Bertz CT molecular complexity index is 469. The Balaban J connectivity index is 1.68. The molecule has 0 aromatic heterocycles. The number of likely N-dealkylation sites (N-methyl/N-ethyl adjacent to an activating group) is 1. The topological polar surface area (TPSA) is 79.0 Å². The van der Waals surface area contributed by atoms with Crippen LogP contribution in [-0.4, -0.2) is 82.4 Å². The van der Waals surface area contributed by atoms with Crippen molar-refractivity contribution in [1.29, 1.82) is 0 Å². The number of nitrogens with one attached hydrogen (secondary N) is 1. The van der Waals surface area contributed by atoms with E-state index in [1.807, 2.05) is 0 Å². The van der Waals surface area contributed by atoms with Gasteiger partial charge in [0, 0.05) is 39.4 Å². The molecule has 0 bridgehead atoms. The molecule has 2 fully saturated rings. The SMILES string of the molecule is CCN1CCN(C(=O)CNS(=O)(=O)CCC2CCOCC2)CC1. The number of rotatable bonds is 7. The predicted molar refractivity (Wildman–Crippen MR) is 88.6 cm³/mol. The minimum Gasteiger partial charge on any atom is -0.381 e. The lowest BCUT2D eigenvalue weighted by atomic mass is 9.98. The molecule has 0 aromatic carbocycles. The smallest absolute Gasteiger partial charge is 0.237 e. The molecule has 0 atom stereocenters. The van der Waals surface area contributed by atoms with Gasteiger partial charge in [-0.25, -0.2) is 13.1 Å². The quantitative estimate of drug-likeness (QED) is 0.695. The first-order valence-corrected chi connectivity index (χ1v) is 10.2. The maximum atomic E-state index is 12.1. The molecule has 2 rings (SSSR count). The van der Waals surface area contributed by atoms with E-state index in [1.165, 1.54) is 0 Å². The van der Waals surface area contributed by atoms with Crippen molar-refractivity contribution in [1.82, 2.24) is 14.5 Å². The van der Waals surface area contributed by atoms with Crippen LogP contribution >= 0.6 is 0 Å². The van der Waals surface area contributed by atoms with Crippen molar-refractivity contribution in [2.45, 2.75) is 26.2 Å². The summed E-state index contributed by atoms with van der Waals surface area (Å²) in [6, 6.07) is 0. The number of nitrogens with zero attached hydrogens (tertiary/aromatic N) is 2. The van der Waals surface area contributed by atoms with Gasteiger partial charge in [0.25, 0.3) is 0 Å². The predicted octanol–water partition coefficient (Wildman–Crippen LogP) is -0.113. The highest BCUT2D eigenvalue weighted by Crippen LogP contribution is 2.18. The van der Waals surface area contributed by atoms with E-state index < -0.39 is 10.0 Å². The van der Waals surface area contributed by atoms with E-state index in [9.17, 15) is 13.2 Å². The molecule has 1 N–H and O–H groups in total. The average Bonchev–Trinajstić information content (AvgIpc) is 2.59. The second-order valence-corrected chi connectivity index (χ2v) is 8.23. The zero-order chi connectivity index (χ0) is 16.7. The monoisotopic (exact) mass is 347 g/mol. The average molecular weight is 347 g/mol. The summed E-state index contributed by atoms with van der Waals surface area (Å²) in [4.78, 5) is 16.1. The third kappa shape index (κ3) is 6.37. The molecule has 0 aliphatic carbocycles. The summed E-state index contributed by atoms with van der Waals surface area (Å²) in [5.41, 5.74) is 0. The summed E-state index contributed by atoms with van der Waals surface area (Å²) in [6.07, 6.45) is 2.49. The molecule has 2 saturated heterocycles. The molecule has 134 valence electrons. The van der Waals surface area contributed by atoms with Crippen LogP contribution in [0.25, 0.3) is 0 Å². The number of piperazine rings is 1. The lowest BCUT2D eigenvalue weighted by molar-refractivity contribution is -0.131. The Morgan fingerprint density at radius 1 is 1.17 bits per heavy atom. The molecule has 2 heterocycles. The maximum absolute atomic E-state index is 12.1. The number of hydrogen-bond donors (Lipinski definition) is 1. The van der Waals surface area contributed by atoms with Crippen LogP contribution in [0.2, 0.25) is 0 Å². The Morgan fingerprint density at radius 3 is 2.43 bits per heavy atom. The van der Waals surface area contributed by atoms with Crippen molar-refractivity contribution in [3.63, 3.8) is 0 Å². The lowest BCUT2D eigenvalue weighted by Crippen LogP contribution is -2.51. The highest BCUT2D eigenvalue weighted by atomic mass is 32.2. The van der Waals surface area contributed by atoms with Crippen LogP contribution in [0, 0.1) is 5.92 Å². The van der Waals surface area contributed by atoms with Crippen molar-refractivity contribution in [3.8, 4) is 0 Å². The van der Waals surface area contributed by atoms with Gasteiger partial charge < -0.3 is 14.5 Å². The van der Waals surface area contributed by atoms with E-state index in [1.54, 1.807) is 4.90 Å². The Kier molecular flexibility index (Phi) is 7.26. The molecule has 0 radical (unpaired) electrons. The zero-order valence-electron chi connectivity index (χ0n) is 14.0. The molecule has 2 aliphatic heterocycles. The van der Waals surface area contributed by atoms with Crippen molar-refractivity contribution >= 4 is 15.9 Å². The van der Waals surface area contributed by atoms with Crippen LogP contribution in [0.5, 0.6) is 0 Å². The molecule has 2 aliphatic rings. The standard InChI is InChI=1S/C15H29N3O4S/c1-2-17-6-8-18(9-7-17)15(19)13-16-23(20,21)12-5-14-3-10-22-11-4-14/h14,16H,2-13H2,1H3. The molecular formula is C15H29N3O4S. The van der Waals surface area contributed by atoms with Crippen LogP contribution in [0.1, 0.15) is 26.2 Å². The fourth-order valence-electron chi connectivity index (χ4n) is 3.03. The normalized spacial score (nSPS) is 21.5. The molecule has 8 heteroatoms. The fraction of sp³-hybridized carbons (Fsp3) is 0.933. The van der Waals surface area contributed by atoms with Crippen molar-refractivity contribution in [2.24, 2.45) is 5.92 Å². The van der Waals surface area contributed by atoms with Gasteiger partial charge in [0.15, 0.2) is 0 Å². The van der Waals surface area contributed by atoms with Crippen LogP contribution in [0.4, 0.5) is 0 Å². The van der Waals surface area contributed by atoms with Crippen molar-refractivity contribution < 1.29 is 17.9 Å². The van der Waals surface area contributed by atoms with Crippen LogP contribution in [-0.2, 0) is 19.6 Å². The van der Waals surface area contributed by atoms with Gasteiger partial charge in [0.1, 0.15) is 0 Å². The minimum absolute atomic E-state index is 0.0918. The molecule has 0 spiro atoms. The van der Waals surface area contributed by atoms with E-state index in [2.05, 4.69) is 16.5 Å². The van der Waals surface area contributed by atoms with Gasteiger partial charge in [0.2, 0.25) is 15.9 Å². The number of amides is 1. The first-order chi connectivity index (χ1) is 11.0. The number of carbonyl (C=O) groups is 1. The van der Waals surface area contributed by atoms with Gasteiger partial charge in [0.05, 0.1) is 12.3 Å². The first-order valence-electron chi connectivity index (χ1n) is 8.55. The Labute approximate surface area is 139 Å². The summed E-state index contributed by atoms with van der Waals surface area (Å²) in [5, 5.41) is 0. The maximum Gasteiger partial charge on any atom is 0.237 e. The van der Waals surface area contributed by atoms with Gasteiger partial charge in [-0.1, -0.05) is 6.92 Å². The van der Waals surface area contributed by atoms with Gasteiger partial charge in [-0.15, -0.1) is 0 Å². The molecule has 0 saturated carbocycles. The second-order valence-electron chi connectivity index (χ2n) is 6.30. The summed E-state index contributed by atoms with van der Waals surface area (Å²) in [5.74, 6) is 0.378. The van der Waals surface area contributed by atoms with Crippen LogP contribution in [0.3, 0.4) is 0 Å². The van der Waals surface area contributed by atoms with Gasteiger partial charge in [-0.2, -0.15) is 0 Å². The van der Waals surface area contributed by atoms with E-state index in [4.69, 9.17) is 4.74 Å². The lowest BCUT2D eigenvalue weighted by Gasteiger charge is -2.34. The largest absolute Gasteiger partial charge is 0.381 e. The van der Waals surface area contributed by atoms with E-state index in [0.29, 0.717) is 25.4 Å². The fourth-order valence-corrected chi connectivity index (χ4v) is 4.16. The number of carbonyl (C=O) groups excluding carboxylic acids is 1. The first kappa shape index (κ1) is 18.6. The van der Waals surface area contributed by atoms with Gasteiger partial charge in [-0.3, -0.25) is 4.79 Å². The van der Waals surface area contributed by atoms with Crippen molar-refractivity contribution in [3.05, 3.63) is 0 Å². The summed E-state index contributed by atoms with van der Waals surface area (Å²) in [6.45, 7) is 7.48. The highest BCUT2D eigenvalue weighted by Gasteiger charge is 2.22. The Hall–Kier alpha value is -0.700. The van der Waals surface area contributed by atoms with Crippen molar-refractivity contribution in [2.75, 3.05) is 58.2 Å². The molecule has 0 aromatic rings. The molecule has 23 heavy (non-hydrogen) atoms. The summed E-state index contributed by atoms with van der Waals surface area (Å²) in [7, 11) is -3.38. The molecule has 7 nitrogen and oxygen atoms in total. The zero-order valence-corrected chi connectivity index (χ0v) is 14.8. The number of hydrogen-bond acceptors (Lipinski definition) is 5. The molecule has 1 amide bonds. The summed E-state index contributed by atoms with van der Waals surface area (Å²) >= 11 is 0. The third-order valence-electron chi connectivity index (χ3n) is 4.75. The van der Waals surface area contributed by atoms with E-state index in [0.717, 1.165) is 45.7 Å². The van der Waals surface area contributed by atoms with Crippen LogP contribution < -0.4 is 4.72 Å². The van der Waals surface area contributed by atoms with Gasteiger partial charge in [-0.05, 0) is 31.7 Å².